The molecule has 1 aromatic rings. The Hall–Kier alpha value is -1.11. The van der Waals surface area contributed by atoms with E-state index in [9.17, 15) is 4.39 Å². The lowest BCUT2D eigenvalue weighted by atomic mass is 9.74. The molecule has 2 aliphatic rings. The topological polar surface area (TPSA) is 0 Å². The molecule has 3 rings (SSSR count). The van der Waals surface area contributed by atoms with Crippen LogP contribution in [0.4, 0.5) is 4.39 Å². The third-order valence-electron chi connectivity index (χ3n) is 5.13. The first-order chi connectivity index (χ1) is 9.28. The molecule has 102 valence electrons. The lowest BCUT2D eigenvalue weighted by Gasteiger charge is -2.31. The number of fused-ring (bicyclic) bond motifs is 1. The Balaban J connectivity index is 1.71. The highest BCUT2D eigenvalue weighted by Crippen LogP contribution is 2.38. The molecule has 1 heteroatoms. The largest absolute Gasteiger partial charge is 0.207 e. The van der Waals surface area contributed by atoms with Crippen LogP contribution in [0, 0.1) is 17.7 Å². The van der Waals surface area contributed by atoms with E-state index in [1.807, 2.05) is 6.07 Å². The zero-order valence-electron chi connectivity index (χ0n) is 11.8. The predicted octanol–water partition coefficient (Wildman–Crippen LogP) is 5.07. The summed E-state index contributed by atoms with van der Waals surface area (Å²) in [6, 6.07) is 5.54. The van der Waals surface area contributed by atoms with Gasteiger partial charge in [-0.1, -0.05) is 37.1 Å². The first-order valence-corrected chi connectivity index (χ1v) is 7.73. The van der Waals surface area contributed by atoms with Crippen LogP contribution in [0.2, 0.25) is 0 Å². The van der Waals surface area contributed by atoms with Crippen molar-refractivity contribution in [3.05, 3.63) is 46.8 Å². The van der Waals surface area contributed by atoms with Crippen LogP contribution in [-0.4, -0.2) is 0 Å². The Morgan fingerprint density at radius 2 is 1.95 bits per heavy atom. The molecular formula is C18H23F. The standard InChI is InChI=1S/C18H23F/c1-2-13-6-8-14(9-7-13)15-10-11-17-16(12-15)4-3-5-18(17)19/h3-5,10,13-14H,2,6-9,11-12H2,1H3. The second-order valence-corrected chi connectivity index (χ2v) is 6.16. The van der Waals surface area contributed by atoms with Crippen LogP contribution < -0.4 is 0 Å². The van der Waals surface area contributed by atoms with Gasteiger partial charge in [-0.15, -0.1) is 0 Å². The van der Waals surface area contributed by atoms with Gasteiger partial charge in [0.1, 0.15) is 5.82 Å². The van der Waals surface area contributed by atoms with E-state index in [0.29, 0.717) is 0 Å². The molecule has 0 bridgehead atoms. The van der Waals surface area contributed by atoms with Gasteiger partial charge in [-0.25, -0.2) is 4.39 Å². The quantitative estimate of drug-likeness (QED) is 0.650. The normalized spacial score (nSPS) is 26.7. The Morgan fingerprint density at radius 1 is 1.16 bits per heavy atom. The summed E-state index contributed by atoms with van der Waals surface area (Å²) >= 11 is 0. The molecule has 0 atom stereocenters. The molecule has 1 fully saturated rings. The molecule has 0 saturated heterocycles. The Labute approximate surface area is 115 Å². The monoisotopic (exact) mass is 258 g/mol. The molecule has 19 heavy (non-hydrogen) atoms. The van der Waals surface area contributed by atoms with E-state index in [-0.39, 0.29) is 5.82 Å². The number of allylic oxidation sites excluding steroid dienone is 2. The summed E-state index contributed by atoms with van der Waals surface area (Å²) in [4.78, 5) is 0. The highest BCUT2D eigenvalue weighted by Gasteiger charge is 2.25. The van der Waals surface area contributed by atoms with Crippen molar-refractivity contribution >= 4 is 0 Å². The van der Waals surface area contributed by atoms with E-state index >= 15 is 0 Å². The van der Waals surface area contributed by atoms with Crippen LogP contribution in [0.25, 0.3) is 0 Å². The van der Waals surface area contributed by atoms with Gasteiger partial charge >= 0.3 is 0 Å². The number of hydrogen-bond acceptors (Lipinski definition) is 0. The van der Waals surface area contributed by atoms with Crippen molar-refractivity contribution < 1.29 is 4.39 Å². The van der Waals surface area contributed by atoms with Gasteiger partial charge in [-0.2, -0.15) is 0 Å². The van der Waals surface area contributed by atoms with Crippen molar-refractivity contribution in [1.29, 1.82) is 0 Å². The van der Waals surface area contributed by atoms with Crippen LogP contribution in [0.1, 0.15) is 50.2 Å². The first kappa shape index (κ1) is 12.9. The second kappa shape index (κ2) is 5.48. The van der Waals surface area contributed by atoms with Crippen molar-refractivity contribution in [3.63, 3.8) is 0 Å². The maximum Gasteiger partial charge on any atom is 0.126 e. The van der Waals surface area contributed by atoms with Gasteiger partial charge in [0, 0.05) is 0 Å². The van der Waals surface area contributed by atoms with E-state index in [1.165, 1.54) is 37.7 Å². The summed E-state index contributed by atoms with van der Waals surface area (Å²) in [5.41, 5.74) is 3.72. The molecule has 0 aliphatic heterocycles. The number of halogens is 1. The van der Waals surface area contributed by atoms with Crippen LogP contribution in [0.3, 0.4) is 0 Å². The van der Waals surface area contributed by atoms with Crippen molar-refractivity contribution in [2.75, 3.05) is 0 Å². The van der Waals surface area contributed by atoms with E-state index in [4.69, 9.17) is 0 Å². The lowest BCUT2D eigenvalue weighted by molar-refractivity contribution is 0.292. The molecule has 0 amide bonds. The number of rotatable bonds is 2. The van der Waals surface area contributed by atoms with E-state index in [2.05, 4.69) is 19.1 Å². The summed E-state index contributed by atoms with van der Waals surface area (Å²) in [7, 11) is 0. The minimum atomic E-state index is -0.0255. The highest BCUT2D eigenvalue weighted by atomic mass is 19.1. The fourth-order valence-corrected chi connectivity index (χ4v) is 3.78. The molecular weight excluding hydrogens is 235 g/mol. The molecule has 0 radical (unpaired) electrons. The minimum Gasteiger partial charge on any atom is -0.207 e. The van der Waals surface area contributed by atoms with Gasteiger partial charge in [0.25, 0.3) is 0 Å². The van der Waals surface area contributed by atoms with Gasteiger partial charge in [-0.3, -0.25) is 0 Å². The third-order valence-corrected chi connectivity index (χ3v) is 5.13. The van der Waals surface area contributed by atoms with Crippen LogP contribution in [-0.2, 0) is 12.8 Å². The second-order valence-electron chi connectivity index (χ2n) is 6.16. The average Bonchev–Trinajstić information content (AvgIpc) is 2.47. The van der Waals surface area contributed by atoms with Crippen molar-refractivity contribution in [2.24, 2.45) is 11.8 Å². The minimum absolute atomic E-state index is 0.0255. The summed E-state index contributed by atoms with van der Waals surface area (Å²) in [6.45, 7) is 2.31. The fraction of sp³-hybridized carbons (Fsp3) is 0.556. The Kier molecular flexibility index (Phi) is 3.72. The van der Waals surface area contributed by atoms with E-state index in [1.54, 1.807) is 11.6 Å². The van der Waals surface area contributed by atoms with Crippen molar-refractivity contribution in [2.45, 2.75) is 51.9 Å². The van der Waals surface area contributed by atoms with Crippen LogP contribution >= 0.6 is 0 Å². The Bertz CT molecular complexity index is 478. The van der Waals surface area contributed by atoms with Crippen molar-refractivity contribution in [1.82, 2.24) is 0 Å². The first-order valence-electron chi connectivity index (χ1n) is 7.73. The smallest absolute Gasteiger partial charge is 0.126 e. The van der Waals surface area contributed by atoms with Gasteiger partial charge in [-0.05, 0) is 67.6 Å². The highest BCUT2D eigenvalue weighted by molar-refractivity contribution is 5.38. The van der Waals surface area contributed by atoms with Gasteiger partial charge < -0.3 is 0 Å². The van der Waals surface area contributed by atoms with Crippen LogP contribution in [0.15, 0.2) is 29.8 Å². The SMILES string of the molecule is CCC1CCC(C2=CCc3c(F)cccc3C2)CC1. The summed E-state index contributed by atoms with van der Waals surface area (Å²) in [6.07, 6.45) is 10.9. The molecule has 0 heterocycles. The van der Waals surface area contributed by atoms with Crippen molar-refractivity contribution in [3.8, 4) is 0 Å². The van der Waals surface area contributed by atoms with Crippen LogP contribution in [0.5, 0.6) is 0 Å². The lowest BCUT2D eigenvalue weighted by Crippen LogP contribution is -2.19. The predicted molar refractivity (Wildman–Crippen MR) is 77.6 cm³/mol. The average molecular weight is 258 g/mol. The van der Waals surface area contributed by atoms with Gasteiger partial charge in [0.2, 0.25) is 0 Å². The molecule has 2 aliphatic carbocycles. The summed E-state index contributed by atoms with van der Waals surface area (Å²) in [5.74, 6) is 1.69. The maximum atomic E-state index is 13.7. The summed E-state index contributed by atoms with van der Waals surface area (Å²) in [5, 5.41) is 0. The van der Waals surface area contributed by atoms with Gasteiger partial charge in [0.15, 0.2) is 0 Å². The number of benzene rings is 1. The zero-order valence-corrected chi connectivity index (χ0v) is 11.8. The molecule has 0 N–H and O–H groups in total. The van der Waals surface area contributed by atoms with Gasteiger partial charge in [0.05, 0.1) is 0 Å². The molecule has 1 saturated carbocycles. The fourth-order valence-electron chi connectivity index (χ4n) is 3.78. The molecule has 0 unspecified atom stereocenters. The molecule has 1 aromatic carbocycles. The van der Waals surface area contributed by atoms with E-state index < -0.39 is 0 Å². The summed E-state index contributed by atoms with van der Waals surface area (Å²) < 4.78 is 13.7. The third kappa shape index (κ3) is 2.61. The Morgan fingerprint density at radius 3 is 2.68 bits per heavy atom. The zero-order chi connectivity index (χ0) is 13.2. The van der Waals surface area contributed by atoms with E-state index in [0.717, 1.165) is 30.2 Å². The molecule has 0 nitrogen and oxygen atoms in total. The molecule has 0 spiro atoms. The molecule has 0 aromatic heterocycles. The number of hydrogen-bond donors (Lipinski definition) is 0. The maximum absolute atomic E-state index is 13.7.